The third-order valence-corrected chi connectivity index (χ3v) is 6.93. The van der Waals surface area contributed by atoms with Crippen LogP contribution in [0.2, 0.25) is 0 Å². The standard InChI is InChI=1S/C24H30O13/c25-9-14-17(29)18(30)19(31)23(35-14)37-22-16-13(7-8-34-22)20(21(32)24(16,33)10-26)36-15(28)6-3-11-1-4-12(27)5-2-11/h1-8,13-14,16-23,25-27,29-33H,9-10H2. The zero-order valence-electron chi connectivity index (χ0n) is 19.4. The third-order valence-electron chi connectivity index (χ3n) is 6.93. The van der Waals surface area contributed by atoms with E-state index in [0.29, 0.717) is 5.56 Å². The van der Waals surface area contributed by atoms with Gasteiger partial charge in [0.1, 0.15) is 48.0 Å². The van der Waals surface area contributed by atoms with Gasteiger partial charge in [-0.1, -0.05) is 12.1 Å². The Morgan fingerprint density at radius 1 is 1.03 bits per heavy atom. The molecule has 0 aromatic heterocycles. The number of hydrogen-bond donors (Lipinski definition) is 8. The van der Waals surface area contributed by atoms with Crippen molar-refractivity contribution in [3.63, 3.8) is 0 Å². The molecule has 8 N–H and O–H groups in total. The summed E-state index contributed by atoms with van der Waals surface area (Å²) in [6.07, 6.45) is -7.50. The van der Waals surface area contributed by atoms with E-state index < -0.39 is 85.8 Å². The van der Waals surface area contributed by atoms with Crippen molar-refractivity contribution in [3.05, 3.63) is 48.2 Å². The minimum atomic E-state index is -2.28. The second-order valence-electron chi connectivity index (χ2n) is 9.19. The van der Waals surface area contributed by atoms with E-state index in [2.05, 4.69) is 0 Å². The van der Waals surface area contributed by atoms with Gasteiger partial charge in [-0.15, -0.1) is 0 Å². The van der Waals surface area contributed by atoms with Crippen molar-refractivity contribution in [2.24, 2.45) is 11.8 Å². The topological polar surface area (TPSA) is 216 Å². The molecule has 0 amide bonds. The number of phenols is 1. The normalized spacial score (nSPS) is 41.4. The smallest absolute Gasteiger partial charge is 0.331 e. The number of benzene rings is 1. The zero-order chi connectivity index (χ0) is 26.9. The van der Waals surface area contributed by atoms with Crippen molar-refractivity contribution in [2.45, 2.75) is 54.8 Å². The first-order valence-corrected chi connectivity index (χ1v) is 11.6. The van der Waals surface area contributed by atoms with Crippen molar-refractivity contribution in [1.29, 1.82) is 0 Å². The molecular formula is C24H30O13. The van der Waals surface area contributed by atoms with Gasteiger partial charge in [0.15, 0.2) is 6.29 Å². The Morgan fingerprint density at radius 3 is 2.38 bits per heavy atom. The quantitative estimate of drug-likeness (QED) is 0.135. The van der Waals surface area contributed by atoms with Crippen LogP contribution in [-0.2, 0) is 23.7 Å². The number of fused-ring (bicyclic) bond motifs is 1. The van der Waals surface area contributed by atoms with E-state index in [4.69, 9.17) is 18.9 Å². The molecule has 0 bridgehead atoms. The number of carbonyl (C=O) groups is 1. The Balaban J connectivity index is 1.51. The highest BCUT2D eigenvalue weighted by Crippen LogP contribution is 2.48. The number of esters is 1. The lowest BCUT2D eigenvalue weighted by molar-refractivity contribution is -0.348. The van der Waals surface area contributed by atoms with Gasteiger partial charge in [0.2, 0.25) is 6.29 Å². The lowest BCUT2D eigenvalue weighted by Gasteiger charge is -2.43. The average Bonchev–Trinajstić information content (AvgIpc) is 3.11. The number of carbonyl (C=O) groups excluding carboxylic acids is 1. The summed E-state index contributed by atoms with van der Waals surface area (Å²) >= 11 is 0. The predicted octanol–water partition coefficient (Wildman–Crippen LogP) is -2.67. The molecule has 204 valence electrons. The SMILES string of the molecule is O=C(C=Cc1ccc(O)cc1)OC1C2C=COC(OC3OC(CO)C(O)C(O)C3O)C2C(O)(CO)C1O. The van der Waals surface area contributed by atoms with Crippen LogP contribution >= 0.6 is 0 Å². The number of aliphatic hydroxyl groups is 7. The number of rotatable bonds is 7. The lowest BCUT2D eigenvalue weighted by atomic mass is 9.83. The molecule has 0 spiro atoms. The van der Waals surface area contributed by atoms with Crippen LogP contribution in [0.1, 0.15) is 5.56 Å². The van der Waals surface area contributed by atoms with Crippen LogP contribution in [-0.4, -0.2) is 115 Å². The Kier molecular flexibility index (Phi) is 8.18. The first kappa shape index (κ1) is 27.4. The molecular weight excluding hydrogens is 496 g/mol. The van der Waals surface area contributed by atoms with Gasteiger partial charge in [-0.2, -0.15) is 0 Å². The van der Waals surface area contributed by atoms with Crippen molar-refractivity contribution in [1.82, 2.24) is 0 Å². The van der Waals surface area contributed by atoms with Crippen molar-refractivity contribution in [2.75, 3.05) is 13.2 Å². The van der Waals surface area contributed by atoms with E-state index in [1.807, 2.05) is 0 Å². The number of ether oxygens (including phenoxy) is 4. The van der Waals surface area contributed by atoms with Crippen LogP contribution in [0, 0.1) is 11.8 Å². The summed E-state index contributed by atoms with van der Waals surface area (Å²) in [5.74, 6) is -2.95. The van der Waals surface area contributed by atoms with Crippen LogP contribution in [0.4, 0.5) is 0 Å². The molecule has 11 atom stereocenters. The van der Waals surface area contributed by atoms with E-state index in [1.165, 1.54) is 30.5 Å². The highest BCUT2D eigenvalue weighted by molar-refractivity contribution is 5.87. The van der Waals surface area contributed by atoms with Crippen LogP contribution in [0.25, 0.3) is 6.08 Å². The highest BCUT2D eigenvalue weighted by atomic mass is 16.8. The van der Waals surface area contributed by atoms with Gasteiger partial charge in [0.05, 0.1) is 25.4 Å². The van der Waals surface area contributed by atoms with Gasteiger partial charge in [-0.3, -0.25) is 0 Å². The fourth-order valence-electron chi connectivity index (χ4n) is 4.87. The van der Waals surface area contributed by atoms with Gasteiger partial charge in [0, 0.05) is 12.0 Å². The molecule has 4 rings (SSSR count). The summed E-state index contributed by atoms with van der Waals surface area (Å²) in [7, 11) is 0. The molecule has 37 heavy (non-hydrogen) atoms. The van der Waals surface area contributed by atoms with Gasteiger partial charge in [0.25, 0.3) is 0 Å². The summed E-state index contributed by atoms with van der Waals surface area (Å²) in [5.41, 5.74) is -1.69. The molecule has 1 aliphatic carbocycles. The molecule has 2 aliphatic heterocycles. The molecule has 2 heterocycles. The summed E-state index contributed by atoms with van der Waals surface area (Å²) in [4.78, 5) is 12.5. The molecule has 13 nitrogen and oxygen atoms in total. The van der Waals surface area contributed by atoms with E-state index in [9.17, 15) is 45.6 Å². The van der Waals surface area contributed by atoms with E-state index in [-0.39, 0.29) is 5.75 Å². The summed E-state index contributed by atoms with van der Waals surface area (Å²) in [6.45, 7) is -1.67. The Morgan fingerprint density at radius 2 is 1.73 bits per heavy atom. The molecule has 3 aliphatic rings. The zero-order valence-corrected chi connectivity index (χ0v) is 19.4. The second-order valence-corrected chi connectivity index (χ2v) is 9.19. The van der Waals surface area contributed by atoms with Crippen molar-refractivity contribution < 1.29 is 64.6 Å². The fraction of sp³-hybridized carbons (Fsp3) is 0.542. The molecule has 1 saturated heterocycles. The van der Waals surface area contributed by atoms with Gasteiger partial charge in [-0.25, -0.2) is 4.79 Å². The molecule has 1 aromatic carbocycles. The van der Waals surface area contributed by atoms with E-state index in [1.54, 1.807) is 12.1 Å². The van der Waals surface area contributed by atoms with Gasteiger partial charge < -0.3 is 59.8 Å². The number of aromatic hydroxyl groups is 1. The number of phenolic OH excluding ortho intramolecular Hbond substituents is 1. The maximum absolute atomic E-state index is 12.5. The molecule has 13 heteroatoms. The molecule has 2 fully saturated rings. The maximum atomic E-state index is 12.5. The molecule has 1 aromatic rings. The summed E-state index contributed by atoms with van der Waals surface area (Å²) in [5, 5.41) is 81.1. The number of hydrogen-bond acceptors (Lipinski definition) is 13. The average molecular weight is 526 g/mol. The Labute approximate surface area is 211 Å². The van der Waals surface area contributed by atoms with E-state index in [0.717, 1.165) is 6.08 Å². The highest BCUT2D eigenvalue weighted by Gasteiger charge is 2.65. The van der Waals surface area contributed by atoms with Gasteiger partial charge >= 0.3 is 5.97 Å². The Bertz CT molecular complexity index is 995. The minimum Gasteiger partial charge on any atom is -0.508 e. The predicted molar refractivity (Wildman–Crippen MR) is 121 cm³/mol. The van der Waals surface area contributed by atoms with Crippen molar-refractivity contribution >= 4 is 12.0 Å². The fourth-order valence-corrected chi connectivity index (χ4v) is 4.87. The minimum absolute atomic E-state index is 0.0509. The van der Waals surface area contributed by atoms with Gasteiger partial charge in [-0.05, 0) is 29.8 Å². The molecule has 1 saturated carbocycles. The lowest BCUT2D eigenvalue weighted by Crippen LogP contribution is -2.61. The second kappa shape index (κ2) is 11.0. The summed E-state index contributed by atoms with van der Waals surface area (Å²) in [6, 6.07) is 5.98. The monoisotopic (exact) mass is 526 g/mol. The Hall–Kier alpha value is -2.59. The van der Waals surface area contributed by atoms with E-state index >= 15 is 0 Å². The molecule has 11 unspecified atom stereocenters. The van der Waals surface area contributed by atoms with Crippen LogP contribution in [0.5, 0.6) is 5.75 Å². The van der Waals surface area contributed by atoms with Crippen LogP contribution in [0.15, 0.2) is 42.7 Å². The molecule has 0 radical (unpaired) electrons. The largest absolute Gasteiger partial charge is 0.508 e. The van der Waals surface area contributed by atoms with Crippen molar-refractivity contribution in [3.8, 4) is 5.75 Å². The number of aliphatic hydroxyl groups excluding tert-OH is 6. The first-order valence-electron chi connectivity index (χ1n) is 11.6. The summed E-state index contributed by atoms with van der Waals surface area (Å²) < 4.78 is 21.8. The van der Waals surface area contributed by atoms with Crippen LogP contribution in [0.3, 0.4) is 0 Å². The maximum Gasteiger partial charge on any atom is 0.331 e. The van der Waals surface area contributed by atoms with Crippen LogP contribution < -0.4 is 0 Å². The third kappa shape index (κ3) is 5.23. The first-order chi connectivity index (χ1) is 17.6.